The van der Waals surface area contributed by atoms with Crippen molar-refractivity contribution < 1.29 is 9.90 Å². The maximum absolute atomic E-state index is 10.7. The third-order valence-corrected chi connectivity index (χ3v) is 2.76. The van der Waals surface area contributed by atoms with Gasteiger partial charge in [-0.1, -0.05) is 20.8 Å². The Balaban J connectivity index is 0.000000921. The van der Waals surface area contributed by atoms with Crippen LogP contribution in [0.5, 0.6) is 0 Å². The van der Waals surface area contributed by atoms with Crippen LogP contribution < -0.4 is 5.32 Å². The molecule has 3 nitrogen and oxygen atoms in total. The molecular weight excluding hydrogens is 190 g/mol. The third kappa shape index (κ3) is 5.78. The molecule has 1 saturated carbocycles. The lowest BCUT2D eigenvalue weighted by atomic mass is 9.86. The second-order valence-electron chi connectivity index (χ2n) is 3.84. The SMILES string of the molecule is CC.CCCNC1CCC(C(=O)O)CC1. The zero-order valence-corrected chi connectivity index (χ0v) is 10.3. The molecule has 3 heteroatoms. The van der Waals surface area contributed by atoms with Gasteiger partial charge in [0, 0.05) is 6.04 Å². The van der Waals surface area contributed by atoms with Crippen LogP contribution in [0.2, 0.25) is 0 Å². The summed E-state index contributed by atoms with van der Waals surface area (Å²) < 4.78 is 0. The number of hydrogen-bond donors (Lipinski definition) is 2. The average Bonchev–Trinajstić information content (AvgIpc) is 2.29. The van der Waals surface area contributed by atoms with Gasteiger partial charge in [-0.15, -0.1) is 0 Å². The van der Waals surface area contributed by atoms with Crippen LogP contribution in [0.1, 0.15) is 52.9 Å². The average molecular weight is 215 g/mol. The molecule has 1 aliphatic carbocycles. The summed E-state index contributed by atoms with van der Waals surface area (Å²) in [6.07, 6.45) is 4.89. The maximum atomic E-state index is 10.7. The standard InChI is InChI=1S/C10H19NO2.C2H6/c1-2-7-11-9-5-3-8(4-6-9)10(12)13;1-2/h8-9,11H,2-7H2,1H3,(H,12,13);1-2H3. The van der Waals surface area contributed by atoms with Crippen LogP contribution in [0.25, 0.3) is 0 Å². The van der Waals surface area contributed by atoms with E-state index in [-0.39, 0.29) is 5.92 Å². The number of rotatable bonds is 4. The highest BCUT2D eigenvalue weighted by atomic mass is 16.4. The van der Waals surface area contributed by atoms with Gasteiger partial charge in [0.15, 0.2) is 0 Å². The highest BCUT2D eigenvalue weighted by Crippen LogP contribution is 2.24. The van der Waals surface area contributed by atoms with Gasteiger partial charge in [-0.3, -0.25) is 4.79 Å². The van der Waals surface area contributed by atoms with Crippen molar-refractivity contribution in [3.63, 3.8) is 0 Å². The lowest BCUT2D eigenvalue weighted by molar-refractivity contribution is -0.142. The minimum Gasteiger partial charge on any atom is -0.481 e. The van der Waals surface area contributed by atoms with E-state index < -0.39 is 5.97 Å². The zero-order valence-electron chi connectivity index (χ0n) is 10.3. The van der Waals surface area contributed by atoms with Crippen molar-refractivity contribution in [2.45, 2.75) is 58.9 Å². The van der Waals surface area contributed by atoms with Crippen LogP contribution in [0.4, 0.5) is 0 Å². The van der Waals surface area contributed by atoms with Gasteiger partial charge < -0.3 is 10.4 Å². The fourth-order valence-corrected chi connectivity index (χ4v) is 1.89. The van der Waals surface area contributed by atoms with Gasteiger partial charge in [0.1, 0.15) is 0 Å². The summed E-state index contributed by atoms with van der Waals surface area (Å²) in [5.74, 6) is -0.700. The Hall–Kier alpha value is -0.570. The summed E-state index contributed by atoms with van der Waals surface area (Å²) >= 11 is 0. The van der Waals surface area contributed by atoms with Gasteiger partial charge in [0.2, 0.25) is 0 Å². The molecule has 0 unspecified atom stereocenters. The van der Waals surface area contributed by atoms with Gasteiger partial charge in [-0.05, 0) is 38.6 Å². The lowest BCUT2D eigenvalue weighted by Gasteiger charge is -2.26. The van der Waals surface area contributed by atoms with E-state index in [9.17, 15) is 4.79 Å². The van der Waals surface area contributed by atoms with Crippen molar-refractivity contribution in [3.8, 4) is 0 Å². The molecule has 1 aliphatic rings. The molecule has 2 N–H and O–H groups in total. The van der Waals surface area contributed by atoms with Crippen LogP contribution in [-0.4, -0.2) is 23.7 Å². The van der Waals surface area contributed by atoms with Gasteiger partial charge in [0.25, 0.3) is 0 Å². The number of carboxylic acids is 1. The molecule has 0 saturated heterocycles. The summed E-state index contributed by atoms with van der Waals surface area (Å²) in [7, 11) is 0. The van der Waals surface area contributed by atoms with Gasteiger partial charge in [-0.2, -0.15) is 0 Å². The Labute approximate surface area is 93.3 Å². The molecule has 0 aromatic rings. The highest BCUT2D eigenvalue weighted by Gasteiger charge is 2.25. The van der Waals surface area contributed by atoms with E-state index in [4.69, 9.17) is 5.11 Å². The normalized spacial score (nSPS) is 25.3. The van der Waals surface area contributed by atoms with Crippen molar-refractivity contribution in [3.05, 3.63) is 0 Å². The summed E-state index contributed by atoms with van der Waals surface area (Å²) in [5.41, 5.74) is 0. The number of hydrogen-bond acceptors (Lipinski definition) is 2. The molecule has 1 rings (SSSR count). The highest BCUT2D eigenvalue weighted by molar-refractivity contribution is 5.70. The van der Waals surface area contributed by atoms with Crippen LogP contribution in [0.15, 0.2) is 0 Å². The minimum atomic E-state index is -0.617. The first-order valence-electron chi connectivity index (χ1n) is 6.20. The van der Waals surface area contributed by atoms with E-state index in [1.807, 2.05) is 13.8 Å². The Morgan fingerprint density at radius 3 is 2.20 bits per heavy atom. The lowest BCUT2D eigenvalue weighted by Crippen LogP contribution is -2.35. The molecule has 90 valence electrons. The van der Waals surface area contributed by atoms with Gasteiger partial charge >= 0.3 is 5.97 Å². The first kappa shape index (κ1) is 14.4. The molecule has 15 heavy (non-hydrogen) atoms. The molecule has 0 aromatic heterocycles. The Morgan fingerprint density at radius 2 is 1.80 bits per heavy atom. The topological polar surface area (TPSA) is 49.3 Å². The summed E-state index contributed by atoms with van der Waals surface area (Å²) in [4.78, 5) is 10.7. The molecule has 0 aliphatic heterocycles. The quantitative estimate of drug-likeness (QED) is 0.758. The maximum Gasteiger partial charge on any atom is 0.306 e. The molecular formula is C12H25NO2. The van der Waals surface area contributed by atoms with Gasteiger partial charge in [0.05, 0.1) is 5.92 Å². The first-order chi connectivity index (χ1) is 7.24. The van der Waals surface area contributed by atoms with E-state index in [0.717, 1.165) is 38.6 Å². The number of carboxylic acid groups (broad SMARTS) is 1. The zero-order chi connectivity index (χ0) is 11.7. The molecule has 0 radical (unpaired) electrons. The largest absolute Gasteiger partial charge is 0.481 e. The summed E-state index contributed by atoms with van der Waals surface area (Å²) in [6, 6.07) is 0.565. The van der Waals surface area contributed by atoms with Crippen molar-refractivity contribution in [2.24, 2.45) is 5.92 Å². The van der Waals surface area contributed by atoms with Crippen LogP contribution >= 0.6 is 0 Å². The molecule has 0 spiro atoms. The van der Waals surface area contributed by atoms with Crippen LogP contribution in [0, 0.1) is 5.92 Å². The molecule has 0 heterocycles. The number of aliphatic carboxylic acids is 1. The Kier molecular flexibility index (Phi) is 8.38. The molecule has 0 aromatic carbocycles. The third-order valence-electron chi connectivity index (χ3n) is 2.76. The van der Waals surface area contributed by atoms with Gasteiger partial charge in [-0.25, -0.2) is 0 Å². The van der Waals surface area contributed by atoms with Crippen LogP contribution in [0.3, 0.4) is 0 Å². The smallest absolute Gasteiger partial charge is 0.306 e. The van der Waals surface area contributed by atoms with Crippen molar-refractivity contribution in [2.75, 3.05) is 6.54 Å². The molecule has 0 amide bonds. The predicted molar refractivity (Wildman–Crippen MR) is 63.0 cm³/mol. The monoisotopic (exact) mass is 215 g/mol. The summed E-state index contributed by atoms with van der Waals surface area (Å²) in [5, 5.41) is 12.2. The molecule has 0 atom stereocenters. The fourth-order valence-electron chi connectivity index (χ4n) is 1.89. The fraction of sp³-hybridized carbons (Fsp3) is 0.917. The predicted octanol–water partition coefficient (Wildman–Crippen LogP) is 2.66. The summed E-state index contributed by atoms with van der Waals surface area (Å²) in [6.45, 7) is 7.21. The number of nitrogens with one attached hydrogen (secondary N) is 1. The van der Waals surface area contributed by atoms with E-state index in [1.165, 1.54) is 0 Å². The molecule has 0 bridgehead atoms. The Bertz CT molecular complexity index is 163. The first-order valence-corrected chi connectivity index (χ1v) is 6.20. The van der Waals surface area contributed by atoms with Crippen molar-refractivity contribution in [1.29, 1.82) is 0 Å². The van der Waals surface area contributed by atoms with E-state index in [2.05, 4.69) is 12.2 Å². The van der Waals surface area contributed by atoms with Crippen molar-refractivity contribution >= 4 is 5.97 Å². The van der Waals surface area contributed by atoms with E-state index in [1.54, 1.807) is 0 Å². The van der Waals surface area contributed by atoms with Crippen LogP contribution in [-0.2, 0) is 4.79 Å². The second kappa shape index (κ2) is 8.72. The Morgan fingerprint density at radius 1 is 1.27 bits per heavy atom. The molecule has 1 fully saturated rings. The second-order valence-corrected chi connectivity index (χ2v) is 3.84. The minimum absolute atomic E-state index is 0.0836. The number of carbonyl (C=O) groups is 1. The van der Waals surface area contributed by atoms with Crippen molar-refractivity contribution in [1.82, 2.24) is 5.32 Å². The van der Waals surface area contributed by atoms with E-state index in [0.29, 0.717) is 6.04 Å². The van der Waals surface area contributed by atoms with E-state index >= 15 is 0 Å².